The lowest BCUT2D eigenvalue weighted by Gasteiger charge is -2.05. The largest absolute Gasteiger partial charge is 0.469 e. The minimum absolute atomic E-state index is 0.0264. The van der Waals surface area contributed by atoms with E-state index in [0.717, 1.165) is 16.5 Å². The van der Waals surface area contributed by atoms with Gasteiger partial charge in [0.15, 0.2) is 5.43 Å². The fraction of sp³-hybridized carbons (Fsp3) is 0.125. The van der Waals surface area contributed by atoms with Crippen LogP contribution in [-0.4, -0.2) is 13.1 Å². The maximum atomic E-state index is 11.2. The Kier molecular flexibility index (Phi) is 4.15. The molecule has 1 aromatic carbocycles. The van der Waals surface area contributed by atoms with Crippen LogP contribution < -0.4 is 5.43 Å². The van der Waals surface area contributed by atoms with E-state index >= 15 is 0 Å². The Hall–Kier alpha value is -2.62. The SMILES string of the molecule is COC(C)=O.O=c1ccc2cc3ccccc3oc-2c1. The van der Waals surface area contributed by atoms with Gasteiger partial charge in [0.05, 0.1) is 7.11 Å². The molecule has 0 aromatic heterocycles. The van der Waals surface area contributed by atoms with E-state index in [4.69, 9.17) is 4.42 Å². The van der Waals surface area contributed by atoms with Crippen LogP contribution in [0.2, 0.25) is 0 Å². The molecule has 4 heteroatoms. The molecule has 0 bridgehead atoms. The lowest BCUT2D eigenvalue weighted by Crippen LogP contribution is -1.97. The highest BCUT2D eigenvalue weighted by Gasteiger charge is 2.06. The number of carbonyl (C=O) groups excluding carboxylic acids is 1. The molecule has 0 fully saturated rings. The number of hydrogen-bond acceptors (Lipinski definition) is 4. The summed E-state index contributed by atoms with van der Waals surface area (Å²) in [6, 6.07) is 14.6. The van der Waals surface area contributed by atoms with Crippen molar-refractivity contribution in [3.63, 3.8) is 0 Å². The summed E-state index contributed by atoms with van der Waals surface area (Å²) < 4.78 is 9.74. The van der Waals surface area contributed by atoms with Crippen molar-refractivity contribution in [2.45, 2.75) is 6.92 Å². The Morgan fingerprint density at radius 2 is 1.80 bits per heavy atom. The third-order valence-electron chi connectivity index (χ3n) is 2.72. The second-order valence-corrected chi connectivity index (χ2v) is 4.18. The number of esters is 1. The predicted molar refractivity (Wildman–Crippen MR) is 76.8 cm³/mol. The van der Waals surface area contributed by atoms with Crippen LogP contribution in [-0.2, 0) is 9.53 Å². The van der Waals surface area contributed by atoms with Gasteiger partial charge in [-0.3, -0.25) is 9.59 Å². The predicted octanol–water partition coefficient (Wildman–Crippen LogP) is 3.08. The lowest BCUT2D eigenvalue weighted by molar-refractivity contribution is -0.137. The smallest absolute Gasteiger partial charge is 0.302 e. The normalized spacial score (nSPS) is 9.90. The Bertz CT molecular complexity index is 758. The van der Waals surface area contributed by atoms with Gasteiger partial charge < -0.3 is 9.15 Å². The third-order valence-corrected chi connectivity index (χ3v) is 2.72. The number of benzene rings is 2. The van der Waals surface area contributed by atoms with Gasteiger partial charge in [-0.05, 0) is 24.3 Å². The molecular weight excluding hydrogens is 256 g/mol. The van der Waals surface area contributed by atoms with Crippen LogP contribution in [0.5, 0.6) is 0 Å². The van der Waals surface area contributed by atoms with E-state index in [9.17, 15) is 9.59 Å². The van der Waals surface area contributed by atoms with Gasteiger partial charge in [0.25, 0.3) is 0 Å². The number of para-hydroxylation sites is 1. The van der Waals surface area contributed by atoms with Crippen LogP contribution in [0.4, 0.5) is 0 Å². The van der Waals surface area contributed by atoms with Crippen molar-refractivity contribution in [1.82, 2.24) is 0 Å². The summed E-state index contributed by atoms with van der Waals surface area (Å²) >= 11 is 0. The first-order valence-corrected chi connectivity index (χ1v) is 6.07. The highest BCUT2D eigenvalue weighted by atomic mass is 16.5. The average Bonchev–Trinajstić information content (AvgIpc) is 2.45. The quantitative estimate of drug-likeness (QED) is 0.465. The fourth-order valence-electron chi connectivity index (χ4n) is 1.70. The Labute approximate surface area is 115 Å². The number of ether oxygens (including phenoxy) is 1. The zero-order chi connectivity index (χ0) is 14.5. The molecule has 1 heterocycles. The van der Waals surface area contributed by atoms with Crippen LogP contribution >= 0.6 is 0 Å². The van der Waals surface area contributed by atoms with Gasteiger partial charge in [0.1, 0.15) is 11.3 Å². The van der Waals surface area contributed by atoms with Gasteiger partial charge >= 0.3 is 5.97 Å². The van der Waals surface area contributed by atoms with E-state index in [1.165, 1.54) is 20.1 Å². The highest BCUT2D eigenvalue weighted by Crippen LogP contribution is 2.26. The first-order valence-electron chi connectivity index (χ1n) is 6.07. The van der Waals surface area contributed by atoms with Crippen LogP contribution in [0.3, 0.4) is 0 Å². The molecule has 0 saturated carbocycles. The van der Waals surface area contributed by atoms with Gasteiger partial charge in [0.2, 0.25) is 0 Å². The van der Waals surface area contributed by atoms with Gasteiger partial charge in [-0.1, -0.05) is 18.2 Å². The highest BCUT2D eigenvalue weighted by molar-refractivity contribution is 5.82. The summed E-state index contributed by atoms with van der Waals surface area (Å²) in [7, 11) is 1.35. The minimum atomic E-state index is -0.245. The second kappa shape index (κ2) is 6.02. The molecule has 0 unspecified atom stereocenters. The number of fused-ring (bicyclic) bond motifs is 2. The molecule has 0 spiro atoms. The molecule has 0 atom stereocenters. The van der Waals surface area contributed by atoms with Crippen molar-refractivity contribution >= 4 is 16.9 Å². The summed E-state index contributed by atoms with van der Waals surface area (Å²) in [6.07, 6.45) is 0. The number of rotatable bonds is 0. The average molecular weight is 270 g/mol. The molecule has 2 aliphatic rings. The molecule has 0 amide bonds. The topological polar surface area (TPSA) is 56.5 Å². The number of methoxy groups -OCH3 is 1. The van der Waals surface area contributed by atoms with Crippen molar-refractivity contribution in [1.29, 1.82) is 0 Å². The number of carbonyl (C=O) groups is 1. The van der Waals surface area contributed by atoms with Crippen LogP contribution in [0.25, 0.3) is 22.3 Å². The molecule has 4 nitrogen and oxygen atoms in total. The maximum absolute atomic E-state index is 11.2. The van der Waals surface area contributed by atoms with E-state index in [1.807, 2.05) is 30.3 Å². The molecule has 0 saturated heterocycles. The van der Waals surface area contributed by atoms with Crippen LogP contribution in [0.15, 0.2) is 57.7 Å². The summed E-state index contributed by atoms with van der Waals surface area (Å²) in [4.78, 5) is 20.7. The molecular formula is C16H14O4. The molecule has 1 aromatic rings. The van der Waals surface area contributed by atoms with Crippen LogP contribution in [0, 0.1) is 0 Å². The van der Waals surface area contributed by atoms with E-state index in [2.05, 4.69) is 4.74 Å². The zero-order valence-corrected chi connectivity index (χ0v) is 11.3. The van der Waals surface area contributed by atoms with Crippen molar-refractivity contribution in [2.24, 2.45) is 0 Å². The number of hydrogen-bond donors (Lipinski definition) is 0. The van der Waals surface area contributed by atoms with Gasteiger partial charge in [-0.15, -0.1) is 0 Å². The van der Waals surface area contributed by atoms with E-state index < -0.39 is 0 Å². The Morgan fingerprint density at radius 3 is 2.50 bits per heavy atom. The van der Waals surface area contributed by atoms with Crippen molar-refractivity contribution in [3.8, 4) is 11.3 Å². The minimum Gasteiger partial charge on any atom is -0.469 e. The van der Waals surface area contributed by atoms with E-state index in [1.54, 1.807) is 12.1 Å². The molecule has 1 aliphatic carbocycles. The molecule has 1 aliphatic heterocycles. The summed E-state index contributed by atoms with van der Waals surface area (Å²) in [5.74, 6) is 0.395. The zero-order valence-electron chi connectivity index (χ0n) is 11.3. The van der Waals surface area contributed by atoms with Crippen molar-refractivity contribution < 1.29 is 13.9 Å². The van der Waals surface area contributed by atoms with Crippen LogP contribution in [0.1, 0.15) is 6.92 Å². The second-order valence-electron chi connectivity index (χ2n) is 4.18. The molecule has 3 rings (SSSR count). The van der Waals surface area contributed by atoms with Crippen molar-refractivity contribution in [3.05, 3.63) is 58.8 Å². The van der Waals surface area contributed by atoms with Gasteiger partial charge in [-0.2, -0.15) is 0 Å². The molecule has 102 valence electrons. The standard InChI is InChI=1S/C13H8O2.C3H6O2/c14-11-6-5-10-7-9-3-1-2-4-12(9)15-13(10)8-11;1-3(4)5-2/h1-8H;1-2H3. The van der Waals surface area contributed by atoms with Gasteiger partial charge in [-0.25, -0.2) is 0 Å². The third kappa shape index (κ3) is 3.23. The van der Waals surface area contributed by atoms with E-state index in [0.29, 0.717) is 5.76 Å². The molecule has 20 heavy (non-hydrogen) atoms. The summed E-state index contributed by atoms with van der Waals surface area (Å²) in [6.45, 7) is 1.36. The summed E-state index contributed by atoms with van der Waals surface area (Å²) in [5, 5.41) is 1.05. The Balaban J connectivity index is 0.000000257. The summed E-state index contributed by atoms with van der Waals surface area (Å²) in [5.41, 5.74) is 1.73. The molecule has 0 radical (unpaired) electrons. The lowest BCUT2D eigenvalue weighted by atomic mass is 10.1. The Morgan fingerprint density at radius 1 is 1.10 bits per heavy atom. The maximum Gasteiger partial charge on any atom is 0.302 e. The first kappa shape index (κ1) is 13.8. The van der Waals surface area contributed by atoms with Gasteiger partial charge in [0, 0.05) is 23.9 Å². The van der Waals surface area contributed by atoms with E-state index in [-0.39, 0.29) is 11.4 Å². The fourth-order valence-corrected chi connectivity index (χ4v) is 1.70. The monoisotopic (exact) mass is 270 g/mol. The first-order chi connectivity index (χ1) is 9.60. The van der Waals surface area contributed by atoms with Crippen molar-refractivity contribution in [2.75, 3.05) is 7.11 Å². The molecule has 0 N–H and O–H groups in total.